The van der Waals surface area contributed by atoms with Crippen molar-refractivity contribution in [3.05, 3.63) is 58.9 Å². The van der Waals surface area contributed by atoms with Crippen molar-refractivity contribution >= 4 is 33.2 Å². The van der Waals surface area contributed by atoms with Crippen LogP contribution in [0.5, 0.6) is 10.9 Å². The highest BCUT2D eigenvalue weighted by molar-refractivity contribution is 7.20. The number of ether oxygens (including phenoxy) is 1. The topological polar surface area (TPSA) is 98.4 Å². The Balaban J connectivity index is 1.58. The summed E-state index contributed by atoms with van der Waals surface area (Å²) in [6, 6.07) is 16.4. The summed E-state index contributed by atoms with van der Waals surface area (Å²) in [5.41, 5.74) is 1.80. The van der Waals surface area contributed by atoms with Crippen molar-refractivity contribution in [3.8, 4) is 34.5 Å². The summed E-state index contributed by atoms with van der Waals surface area (Å²) in [4.78, 5) is 11.4. The van der Waals surface area contributed by atoms with Gasteiger partial charge < -0.3 is 9.72 Å². The Bertz CT molecular complexity index is 1170. The van der Waals surface area contributed by atoms with Crippen molar-refractivity contribution in [2.75, 3.05) is 0 Å². The maximum absolute atomic E-state index is 8.99. The van der Waals surface area contributed by atoms with E-state index in [1.807, 2.05) is 24.3 Å². The first-order valence-electron chi connectivity index (χ1n) is 7.41. The molecule has 2 aromatic carbocycles. The number of imidazole rings is 1. The molecule has 0 unspecified atom stereocenters. The quantitative estimate of drug-likeness (QED) is 0.548. The molecule has 1 N–H and O–H groups in total. The van der Waals surface area contributed by atoms with Crippen LogP contribution in [0.1, 0.15) is 11.4 Å². The Morgan fingerprint density at radius 2 is 1.85 bits per heavy atom. The Morgan fingerprint density at radius 1 is 1.04 bits per heavy atom. The number of fused-ring (bicyclic) bond motifs is 1. The van der Waals surface area contributed by atoms with Crippen LogP contribution in [0.3, 0.4) is 0 Å². The van der Waals surface area contributed by atoms with Gasteiger partial charge in [-0.25, -0.2) is 9.97 Å². The number of nitrogens with one attached hydrogen (secondary N) is 1. The molecule has 0 atom stereocenters. The second kappa shape index (κ2) is 6.49. The number of H-pyrrole nitrogens is 1. The highest BCUT2D eigenvalue weighted by Gasteiger charge is 2.11. The Morgan fingerprint density at radius 3 is 2.54 bits per heavy atom. The maximum Gasteiger partial charge on any atom is 0.279 e. The molecule has 0 saturated heterocycles. The van der Waals surface area contributed by atoms with E-state index < -0.39 is 0 Å². The van der Waals surface area contributed by atoms with Crippen molar-refractivity contribution in [3.63, 3.8) is 0 Å². The lowest BCUT2D eigenvalue weighted by molar-refractivity contribution is 0.480. The molecule has 0 saturated carbocycles. The Hall–Kier alpha value is -3.39. The monoisotopic (exact) mass is 377 g/mol. The molecule has 0 amide bonds. The number of hydrogen-bond donors (Lipinski definition) is 1. The molecule has 0 aliphatic rings. The molecule has 0 radical (unpaired) electrons. The molecule has 2 heterocycles. The van der Waals surface area contributed by atoms with Gasteiger partial charge in [0.2, 0.25) is 0 Å². The van der Waals surface area contributed by atoms with E-state index in [0.29, 0.717) is 21.8 Å². The van der Waals surface area contributed by atoms with Gasteiger partial charge in [-0.2, -0.15) is 10.5 Å². The van der Waals surface area contributed by atoms with Crippen LogP contribution in [0.2, 0.25) is 5.02 Å². The van der Waals surface area contributed by atoms with Gasteiger partial charge in [-0.05, 0) is 42.5 Å². The molecule has 0 spiro atoms. The first-order valence-corrected chi connectivity index (χ1v) is 8.60. The van der Waals surface area contributed by atoms with Gasteiger partial charge in [0.1, 0.15) is 23.7 Å². The third-order valence-electron chi connectivity index (χ3n) is 3.59. The van der Waals surface area contributed by atoms with Gasteiger partial charge in [0.25, 0.3) is 5.19 Å². The minimum absolute atomic E-state index is 0.0796. The van der Waals surface area contributed by atoms with Crippen LogP contribution in [-0.4, -0.2) is 15.0 Å². The zero-order valence-electron chi connectivity index (χ0n) is 13.0. The number of thiazole rings is 1. The number of aromatic amines is 1. The SMILES string of the molecule is N#Cc1nc(-c2ccc(Oc3nc4ccc(Cl)cc4s3)cc2)[nH]c1C#N. The lowest BCUT2D eigenvalue weighted by Crippen LogP contribution is -1.85. The number of rotatable bonds is 3. The summed E-state index contributed by atoms with van der Waals surface area (Å²) in [6.45, 7) is 0. The van der Waals surface area contributed by atoms with Crippen molar-refractivity contribution in [1.82, 2.24) is 15.0 Å². The van der Waals surface area contributed by atoms with Crippen LogP contribution in [0.25, 0.3) is 21.6 Å². The van der Waals surface area contributed by atoms with E-state index in [1.54, 1.807) is 30.3 Å². The average molecular weight is 378 g/mol. The second-order valence-corrected chi connectivity index (χ2v) is 6.68. The molecule has 0 aliphatic heterocycles. The predicted octanol–water partition coefficient (Wildman–Crippen LogP) is 4.88. The fourth-order valence-electron chi connectivity index (χ4n) is 2.37. The number of benzene rings is 2. The minimum atomic E-state index is 0.0796. The third kappa shape index (κ3) is 2.98. The van der Waals surface area contributed by atoms with Gasteiger partial charge in [0, 0.05) is 10.6 Å². The van der Waals surface area contributed by atoms with Gasteiger partial charge in [-0.15, -0.1) is 0 Å². The van der Waals surface area contributed by atoms with Gasteiger partial charge in [0.05, 0.1) is 10.2 Å². The molecular formula is C18H8ClN5OS. The van der Waals surface area contributed by atoms with E-state index in [1.165, 1.54) is 11.3 Å². The van der Waals surface area contributed by atoms with Crippen molar-refractivity contribution in [1.29, 1.82) is 10.5 Å². The van der Waals surface area contributed by atoms with E-state index in [0.717, 1.165) is 15.8 Å². The summed E-state index contributed by atoms with van der Waals surface area (Å²) >= 11 is 7.40. The normalized spacial score (nSPS) is 10.4. The van der Waals surface area contributed by atoms with Crippen LogP contribution in [0, 0.1) is 22.7 Å². The smallest absolute Gasteiger partial charge is 0.279 e. The van der Waals surface area contributed by atoms with Crippen LogP contribution < -0.4 is 4.74 Å². The standard InChI is InChI=1S/C18H8ClN5OS/c19-11-3-6-13-16(7-11)26-18(24-13)25-12-4-1-10(2-5-12)17-22-14(8-20)15(9-21)23-17/h1-7H,(H,22,23). The molecule has 4 rings (SSSR count). The van der Waals surface area contributed by atoms with E-state index in [9.17, 15) is 0 Å². The Kier molecular flexibility index (Phi) is 4.02. The highest BCUT2D eigenvalue weighted by atomic mass is 35.5. The fraction of sp³-hybridized carbons (Fsp3) is 0. The van der Waals surface area contributed by atoms with Crippen molar-refractivity contribution in [2.45, 2.75) is 0 Å². The Labute approximate surface area is 156 Å². The van der Waals surface area contributed by atoms with Crippen LogP contribution >= 0.6 is 22.9 Å². The molecule has 26 heavy (non-hydrogen) atoms. The number of aromatic nitrogens is 3. The first-order chi connectivity index (χ1) is 12.7. The minimum Gasteiger partial charge on any atom is -0.431 e. The number of halogens is 1. The maximum atomic E-state index is 8.99. The van der Waals surface area contributed by atoms with Crippen LogP contribution in [-0.2, 0) is 0 Å². The number of nitrogens with zero attached hydrogens (tertiary/aromatic N) is 4. The van der Waals surface area contributed by atoms with Crippen LogP contribution in [0.15, 0.2) is 42.5 Å². The third-order valence-corrected chi connectivity index (χ3v) is 4.72. The molecule has 0 aliphatic carbocycles. The van der Waals surface area contributed by atoms with Gasteiger partial charge in [0.15, 0.2) is 11.4 Å². The molecule has 0 bridgehead atoms. The lowest BCUT2D eigenvalue weighted by atomic mass is 10.2. The first kappa shape index (κ1) is 16.1. The van der Waals surface area contributed by atoms with Gasteiger partial charge in [-0.3, -0.25) is 0 Å². The molecule has 4 aromatic rings. The fourth-order valence-corrected chi connectivity index (χ4v) is 3.49. The molecule has 124 valence electrons. The summed E-state index contributed by atoms with van der Waals surface area (Å²) in [5, 5.41) is 19.1. The number of hydrogen-bond acceptors (Lipinski definition) is 6. The van der Waals surface area contributed by atoms with E-state index in [4.69, 9.17) is 26.9 Å². The predicted molar refractivity (Wildman–Crippen MR) is 98.2 cm³/mol. The largest absolute Gasteiger partial charge is 0.431 e. The van der Waals surface area contributed by atoms with E-state index in [-0.39, 0.29) is 11.4 Å². The van der Waals surface area contributed by atoms with Gasteiger partial charge >= 0.3 is 0 Å². The van der Waals surface area contributed by atoms with Gasteiger partial charge in [-0.1, -0.05) is 22.9 Å². The van der Waals surface area contributed by atoms with Crippen molar-refractivity contribution in [2.24, 2.45) is 0 Å². The van der Waals surface area contributed by atoms with E-state index in [2.05, 4.69) is 15.0 Å². The lowest BCUT2D eigenvalue weighted by Gasteiger charge is -2.02. The number of nitriles is 2. The molecule has 6 nitrogen and oxygen atoms in total. The molecule has 2 aromatic heterocycles. The zero-order valence-corrected chi connectivity index (χ0v) is 14.6. The zero-order chi connectivity index (χ0) is 18.1. The van der Waals surface area contributed by atoms with Crippen LogP contribution in [0.4, 0.5) is 0 Å². The van der Waals surface area contributed by atoms with E-state index >= 15 is 0 Å². The highest BCUT2D eigenvalue weighted by Crippen LogP contribution is 2.33. The molecule has 8 heteroatoms. The molecule has 0 fully saturated rings. The summed E-state index contributed by atoms with van der Waals surface area (Å²) in [5.74, 6) is 1.07. The average Bonchev–Trinajstić information content (AvgIpc) is 3.25. The summed E-state index contributed by atoms with van der Waals surface area (Å²) in [6.07, 6.45) is 0. The summed E-state index contributed by atoms with van der Waals surface area (Å²) in [7, 11) is 0. The van der Waals surface area contributed by atoms with Crippen molar-refractivity contribution < 1.29 is 4.74 Å². The molecular weight excluding hydrogens is 370 g/mol. The summed E-state index contributed by atoms with van der Waals surface area (Å²) < 4.78 is 6.75. The second-order valence-electron chi connectivity index (χ2n) is 5.25.